The van der Waals surface area contributed by atoms with Gasteiger partial charge in [0.05, 0.1) is 0 Å². The Morgan fingerprint density at radius 2 is 1.79 bits per heavy atom. The first-order valence-corrected chi connectivity index (χ1v) is 7.16. The highest BCUT2D eigenvalue weighted by atomic mass is 19.1. The molecule has 2 N–H and O–H groups in total. The summed E-state index contributed by atoms with van der Waals surface area (Å²) in [4.78, 5) is 2.30. The Morgan fingerprint density at radius 1 is 1.16 bits per heavy atom. The Bertz CT molecular complexity index is 348. The van der Waals surface area contributed by atoms with Crippen LogP contribution in [0.25, 0.3) is 0 Å². The summed E-state index contributed by atoms with van der Waals surface area (Å²) in [5.74, 6) is 0.500. The van der Waals surface area contributed by atoms with Crippen LogP contribution < -0.4 is 5.73 Å². The second kappa shape index (κ2) is 8.28. The summed E-state index contributed by atoms with van der Waals surface area (Å²) in [6.45, 7) is 6.28. The molecule has 2 atom stereocenters. The Kier molecular flexibility index (Phi) is 7.03. The molecule has 1 rings (SSSR count). The number of halogens is 1. The van der Waals surface area contributed by atoms with Gasteiger partial charge in [0.2, 0.25) is 0 Å². The fourth-order valence-electron chi connectivity index (χ4n) is 2.38. The minimum absolute atomic E-state index is 0.171. The summed E-state index contributed by atoms with van der Waals surface area (Å²) < 4.78 is 12.8. The van der Waals surface area contributed by atoms with Gasteiger partial charge in [0.1, 0.15) is 5.82 Å². The van der Waals surface area contributed by atoms with Gasteiger partial charge in [0.25, 0.3) is 0 Å². The Hall–Kier alpha value is -0.930. The molecule has 0 aliphatic heterocycles. The van der Waals surface area contributed by atoms with Crippen molar-refractivity contribution in [1.29, 1.82) is 0 Å². The van der Waals surface area contributed by atoms with Crippen molar-refractivity contribution in [2.45, 2.75) is 45.7 Å². The van der Waals surface area contributed by atoms with Gasteiger partial charge in [-0.3, -0.25) is 0 Å². The maximum atomic E-state index is 12.8. The standard InChI is InChI=1S/C16H27FN2/c1-13(5-4-6-14(2)18)11-19(3)12-15-7-9-16(17)10-8-15/h7-10,13-14H,4-6,11-12,18H2,1-3H3. The zero-order chi connectivity index (χ0) is 14.3. The predicted molar refractivity (Wildman–Crippen MR) is 79.4 cm³/mol. The molecule has 0 radical (unpaired) electrons. The number of nitrogens with zero attached hydrogens (tertiary/aromatic N) is 1. The molecule has 0 saturated heterocycles. The van der Waals surface area contributed by atoms with Crippen LogP contribution in [0.2, 0.25) is 0 Å². The largest absolute Gasteiger partial charge is 0.328 e. The van der Waals surface area contributed by atoms with Crippen molar-refractivity contribution < 1.29 is 4.39 Å². The molecule has 0 fully saturated rings. The molecule has 0 saturated carbocycles. The Morgan fingerprint density at radius 3 is 2.37 bits per heavy atom. The first kappa shape index (κ1) is 16.1. The summed E-state index contributed by atoms with van der Waals surface area (Å²) in [7, 11) is 2.12. The molecule has 0 aliphatic rings. The SMILES string of the molecule is CC(N)CCCC(C)CN(C)Cc1ccc(F)cc1. The monoisotopic (exact) mass is 266 g/mol. The van der Waals surface area contributed by atoms with Crippen molar-refractivity contribution in [3.05, 3.63) is 35.6 Å². The number of benzene rings is 1. The van der Waals surface area contributed by atoms with Crippen LogP contribution in [0, 0.1) is 11.7 Å². The Labute approximate surface area is 116 Å². The van der Waals surface area contributed by atoms with Crippen LogP contribution in [0.3, 0.4) is 0 Å². The normalized spacial score (nSPS) is 14.6. The fourth-order valence-corrected chi connectivity index (χ4v) is 2.38. The zero-order valence-corrected chi connectivity index (χ0v) is 12.4. The van der Waals surface area contributed by atoms with Gasteiger partial charge in [0.15, 0.2) is 0 Å². The smallest absolute Gasteiger partial charge is 0.123 e. The number of hydrogen-bond donors (Lipinski definition) is 1. The molecule has 0 aromatic heterocycles. The molecule has 1 aromatic rings. The van der Waals surface area contributed by atoms with Gasteiger partial charge < -0.3 is 10.6 Å². The van der Waals surface area contributed by atoms with E-state index in [9.17, 15) is 4.39 Å². The van der Waals surface area contributed by atoms with E-state index >= 15 is 0 Å². The second-order valence-corrected chi connectivity index (χ2v) is 5.84. The molecule has 1 aromatic carbocycles. The highest BCUT2D eigenvalue weighted by Gasteiger charge is 2.07. The summed E-state index contributed by atoms with van der Waals surface area (Å²) >= 11 is 0. The average Bonchev–Trinajstić information content (AvgIpc) is 2.31. The molecule has 108 valence electrons. The van der Waals surface area contributed by atoms with E-state index in [2.05, 4.69) is 25.8 Å². The molecule has 2 nitrogen and oxygen atoms in total. The van der Waals surface area contributed by atoms with Gasteiger partial charge in [0, 0.05) is 19.1 Å². The summed E-state index contributed by atoms with van der Waals surface area (Å²) in [5, 5.41) is 0. The maximum absolute atomic E-state index is 12.8. The molecule has 0 amide bonds. The summed E-state index contributed by atoms with van der Waals surface area (Å²) in [6, 6.07) is 7.06. The second-order valence-electron chi connectivity index (χ2n) is 5.84. The first-order valence-electron chi connectivity index (χ1n) is 7.16. The number of rotatable bonds is 8. The van der Waals surface area contributed by atoms with Gasteiger partial charge in [-0.05, 0) is 50.4 Å². The van der Waals surface area contributed by atoms with Crippen LogP contribution in [0.1, 0.15) is 38.7 Å². The van der Waals surface area contributed by atoms with Gasteiger partial charge in [-0.1, -0.05) is 25.5 Å². The minimum Gasteiger partial charge on any atom is -0.328 e. The van der Waals surface area contributed by atoms with Gasteiger partial charge >= 0.3 is 0 Å². The molecule has 0 heterocycles. The van der Waals surface area contributed by atoms with Crippen molar-refractivity contribution in [1.82, 2.24) is 4.90 Å². The lowest BCUT2D eigenvalue weighted by Gasteiger charge is -2.21. The van der Waals surface area contributed by atoms with Crippen molar-refractivity contribution >= 4 is 0 Å². The lowest BCUT2D eigenvalue weighted by molar-refractivity contribution is 0.267. The molecule has 19 heavy (non-hydrogen) atoms. The third-order valence-electron chi connectivity index (χ3n) is 3.35. The summed E-state index contributed by atoms with van der Waals surface area (Å²) in [5.41, 5.74) is 6.91. The van der Waals surface area contributed by atoms with E-state index in [-0.39, 0.29) is 5.82 Å². The van der Waals surface area contributed by atoms with Crippen molar-refractivity contribution in [3.63, 3.8) is 0 Å². The molecule has 2 unspecified atom stereocenters. The lowest BCUT2D eigenvalue weighted by atomic mass is 10.0. The molecule has 3 heteroatoms. The van der Waals surface area contributed by atoms with Crippen molar-refractivity contribution in [2.24, 2.45) is 11.7 Å². The van der Waals surface area contributed by atoms with E-state index in [1.807, 2.05) is 12.1 Å². The Balaban J connectivity index is 2.26. The molecular formula is C16H27FN2. The van der Waals surface area contributed by atoms with E-state index in [1.54, 1.807) is 0 Å². The van der Waals surface area contributed by atoms with Crippen LogP contribution in [-0.2, 0) is 6.54 Å². The van der Waals surface area contributed by atoms with Gasteiger partial charge in [-0.25, -0.2) is 4.39 Å². The molecular weight excluding hydrogens is 239 g/mol. The quantitative estimate of drug-likeness (QED) is 0.781. The highest BCUT2D eigenvalue weighted by Crippen LogP contribution is 2.12. The van der Waals surface area contributed by atoms with E-state index in [0.717, 1.165) is 25.1 Å². The van der Waals surface area contributed by atoms with E-state index in [0.29, 0.717) is 12.0 Å². The van der Waals surface area contributed by atoms with Crippen molar-refractivity contribution in [2.75, 3.05) is 13.6 Å². The molecule has 0 spiro atoms. The number of hydrogen-bond acceptors (Lipinski definition) is 2. The highest BCUT2D eigenvalue weighted by molar-refractivity contribution is 5.15. The van der Waals surface area contributed by atoms with Crippen molar-refractivity contribution in [3.8, 4) is 0 Å². The lowest BCUT2D eigenvalue weighted by Crippen LogP contribution is -2.24. The van der Waals surface area contributed by atoms with Crippen LogP contribution >= 0.6 is 0 Å². The van der Waals surface area contributed by atoms with E-state index in [1.165, 1.54) is 25.0 Å². The average molecular weight is 266 g/mol. The first-order chi connectivity index (χ1) is 8.97. The third kappa shape index (κ3) is 7.28. The zero-order valence-electron chi connectivity index (χ0n) is 12.4. The van der Waals surface area contributed by atoms with Crippen LogP contribution in [0.15, 0.2) is 24.3 Å². The fraction of sp³-hybridized carbons (Fsp3) is 0.625. The van der Waals surface area contributed by atoms with Gasteiger partial charge in [-0.15, -0.1) is 0 Å². The molecule has 0 bridgehead atoms. The maximum Gasteiger partial charge on any atom is 0.123 e. The van der Waals surface area contributed by atoms with Gasteiger partial charge in [-0.2, -0.15) is 0 Å². The van der Waals surface area contributed by atoms with Crippen LogP contribution in [0.4, 0.5) is 4.39 Å². The van der Waals surface area contributed by atoms with E-state index < -0.39 is 0 Å². The summed E-state index contributed by atoms with van der Waals surface area (Å²) in [6.07, 6.45) is 3.52. The number of nitrogens with two attached hydrogens (primary N) is 1. The van der Waals surface area contributed by atoms with E-state index in [4.69, 9.17) is 5.73 Å². The third-order valence-corrected chi connectivity index (χ3v) is 3.35. The van der Waals surface area contributed by atoms with Crippen LogP contribution in [0.5, 0.6) is 0 Å². The predicted octanol–water partition coefficient (Wildman–Crippen LogP) is 3.41. The topological polar surface area (TPSA) is 29.3 Å². The minimum atomic E-state index is -0.171. The van der Waals surface area contributed by atoms with Crippen LogP contribution in [-0.4, -0.2) is 24.5 Å². The molecule has 0 aliphatic carbocycles.